The van der Waals surface area contributed by atoms with Crippen LogP contribution in [0.3, 0.4) is 0 Å². The molecule has 0 aromatic heterocycles. The minimum absolute atomic E-state index is 0.138. The molecule has 4 heteroatoms. The van der Waals surface area contributed by atoms with Gasteiger partial charge in [0.05, 0.1) is 5.57 Å². The van der Waals surface area contributed by atoms with Gasteiger partial charge in [-0.1, -0.05) is 75.6 Å². The lowest BCUT2D eigenvalue weighted by atomic mass is 9.94. The van der Waals surface area contributed by atoms with Crippen molar-refractivity contribution < 1.29 is 13.2 Å². The van der Waals surface area contributed by atoms with E-state index >= 15 is 0 Å². The summed E-state index contributed by atoms with van der Waals surface area (Å²) in [6, 6.07) is 13.5. The highest BCUT2D eigenvalue weighted by Gasteiger charge is 2.37. The van der Waals surface area contributed by atoms with Gasteiger partial charge in [-0.2, -0.15) is 13.2 Å². The highest BCUT2D eigenvalue weighted by Crippen LogP contribution is 2.40. The molecule has 0 aliphatic carbocycles. The molecule has 0 saturated heterocycles. The molecule has 0 nitrogen and oxygen atoms in total. The van der Waals surface area contributed by atoms with Crippen LogP contribution in [-0.2, 0) is 0 Å². The third kappa shape index (κ3) is 3.80. The van der Waals surface area contributed by atoms with Crippen LogP contribution in [0.1, 0.15) is 22.3 Å². The molecule has 0 radical (unpaired) electrons. The van der Waals surface area contributed by atoms with E-state index in [-0.39, 0.29) is 16.5 Å². The lowest BCUT2D eigenvalue weighted by Gasteiger charge is -2.18. The second-order valence-electron chi connectivity index (χ2n) is 5.22. The molecule has 0 aliphatic heterocycles. The monoisotopic (exact) mass is 368 g/mol. The molecule has 0 spiro atoms. The smallest absolute Gasteiger partial charge is 0.166 e. The Kier molecular flexibility index (Phi) is 5.12. The second-order valence-corrected chi connectivity index (χ2v) is 5.78. The quantitative estimate of drug-likeness (QED) is 0.448. The Morgan fingerprint density at radius 3 is 1.59 bits per heavy atom. The first-order chi connectivity index (χ1) is 10.3. The van der Waals surface area contributed by atoms with Gasteiger partial charge < -0.3 is 0 Å². The molecule has 0 atom stereocenters. The van der Waals surface area contributed by atoms with E-state index in [1.807, 2.05) is 26.0 Å². The second kappa shape index (κ2) is 6.69. The molecule has 2 aromatic rings. The Labute approximate surface area is 136 Å². The molecule has 0 aliphatic rings. The fraction of sp³-hybridized carbons (Fsp3) is 0.222. The summed E-state index contributed by atoms with van der Waals surface area (Å²) in [5.74, 6) is 0. The lowest BCUT2D eigenvalue weighted by molar-refractivity contribution is -0.0685. The number of rotatable bonds is 3. The van der Waals surface area contributed by atoms with Gasteiger partial charge in [0.1, 0.15) is 0 Å². The first-order valence-electron chi connectivity index (χ1n) is 6.83. The van der Waals surface area contributed by atoms with E-state index in [1.165, 1.54) is 12.1 Å². The van der Waals surface area contributed by atoms with E-state index in [9.17, 15) is 13.2 Å². The van der Waals surface area contributed by atoms with Crippen molar-refractivity contribution in [2.75, 3.05) is 5.33 Å². The van der Waals surface area contributed by atoms with Crippen molar-refractivity contribution in [1.29, 1.82) is 0 Å². The topological polar surface area (TPSA) is 0 Å². The molecule has 0 heterocycles. The Balaban J connectivity index is 2.68. The number of aryl methyl sites for hydroxylation is 2. The van der Waals surface area contributed by atoms with Gasteiger partial charge in [0.15, 0.2) is 0 Å². The zero-order chi connectivity index (χ0) is 16.3. The van der Waals surface area contributed by atoms with E-state index in [2.05, 4.69) is 15.9 Å². The van der Waals surface area contributed by atoms with Gasteiger partial charge in [-0.15, -0.1) is 0 Å². The normalized spacial score (nSPS) is 13.0. The summed E-state index contributed by atoms with van der Waals surface area (Å²) in [5.41, 5.74) is 2.37. The van der Waals surface area contributed by atoms with E-state index in [0.717, 1.165) is 11.1 Å². The number of alkyl halides is 4. The van der Waals surface area contributed by atoms with E-state index in [4.69, 9.17) is 0 Å². The van der Waals surface area contributed by atoms with Crippen LogP contribution in [0, 0.1) is 13.8 Å². The third-order valence-corrected chi connectivity index (χ3v) is 4.02. The minimum atomic E-state index is -4.41. The van der Waals surface area contributed by atoms with Crippen LogP contribution in [0.4, 0.5) is 13.2 Å². The zero-order valence-corrected chi connectivity index (χ0v) is 13.9. The predicted molar refractivity (Wildman–Crippen MR) is 89.0 cm³/mol. The van der Waals surface area contributed by atoms with Gasteiger partial charge >= 0.3 is 6.18 Å². The fourth-order valence-electron chi connectivity index (χ4n) is 2.27. The molecular formula is C18H16BrF3. The predicted octanol–water partition coefficient (Wildman–Crippen LogP) is 6.17. The summed E-state index contributed by atoms with van der Waals surface area (Å²) in [7, 11) is 0. The van der Waals surface area contributed by atoms with Gasteiger partial charge in [-0.25, -0.2) is 0 Å². The number of halogens is 4. The van der Waals surface area contributed by atoms with Crippen molar-refractivity contribution in [3.63, 3.8) is 0 Å². The largest absolute Gasteiger partial charge is 0.417 e. The Bertz CT molecular complexity index is 665. The molecule has 0 unspecified atom stereocenters. The number of hydrogen-bond donors (Lipinski definition) is 0. The minimum Gasteiger partial charge on any atom is -0.166 e. The summed E-state index contributed by atoms with van der Waals surface area (Å²) in [4.78, 5) is 0. The van der Waals surface area contributed by atoms with Crippen molar-refractivity contribution >= 4 is 27.1 Å². The zero-order valence-electron chi connectivity index (χ0n) is 12.3. The highest BCUT2D eigenvalue weighted by atomic mass is 79.9. The van der Waals surface area contributed by atoms with Crippen LogP contribution in [-0.4, -0.2) is 11.5 Å². The van der Waals surface area contributed by atoms with Crippen LogP contribution >= 0.6 is 15.9 Å². The summed E-state index contributed by atoms with van der Waals surface area (Å²) < 4.78 is 40.9. The maximum atomic E-state index is 13.6. The molecule has 0 amide bonds. The Morgan fingerprint density at radius 2 is 1.23 bits per heavy atom. The SMILES string of the molecule is Cc1ccc(/C(CBr)=C(/c2ccc(C)cc2)C(F)(F)F)cc1. The number of benzene rings is 2. The third-order valence-electron chi connectivity index (χ3n) is 3.46. The van der Waals surface area contributed by atoms with Gasteiger partial charge in [0, 0.05) is 5.33 Å². The molecule has 0 saturated carbocycles. The van der Waals surface area contributed by atoms with E-state index < -0.39 is 11.7 Å². The standard InChI is InChI=1S/C18H16BrF3/c1-12-3-7-14(8-4-12)16(11-19)17(18(20,21)22)15-9-5-13(2)6-10-15/h3-10H,11H2,1-2H3/b17-16-. The summed E-state index contributed by atoms with van der Waals surface area (Å²) in [6.45, 7) is 3.76. The maximum absolute atomic E-state index is 13.6. The van der Waals surface area contributed by atoms with Crippen molar-refractivity contribution in [3.05, 3.63) is 70.8 Å². The Morgan fingerprint density at radius 1 is 0.818 bits per heavy atom. The van der Waals surface area contributed by atoms with E-state index in [0.29, 0.717) is 5.56 Å². The molecule has 22 heavy (non-hydrogen) atoms. The molecule has 0 bridgehead atoms. The summed E-state index contributed by atoms with van der Waals surface area (Å²) >= 11 is 3.22. The van der Waals surface area contributed by atoms with Crippen molar-refractivity contribution in [2.24, 2.45) is 0 Å². The van der Waals surface area contributed by atoms with Crippen molar-refractivity contribution in [2.45, 2.75) is 20.0 Å². The van der Waals surface area contributed by atoms with Gasteiger partial charge in [-0.3, -0.25) is 0 Å². The summed E-state index contributed by atoms with van der Waals surface area (Å²) in [6.07, 6.45) is -4.41. The molecule has 2 rings (SSSR count). The van der Waals surface area contributed by atoms with Crippen molar-refractivity contribution in [3.8, 4) is 0 Å². The van der Waals surface area contributed by atoms with Crippen LogP contribution in [0.15, 0.2) is 48.5 Å². The van der Waals surface area contributed by atoms with Crippen molar-refractivity contribution in [1.82, 2.24) is 0 Å². The van der Waals surface area contributed by atoms with Gasteiger partial charge in [0.25, 0.3) is 0 Å². The van der Waals surface area contributed by atoms with Gasteiger partial charge in [0.2, 0.25) is 0 Å². The first-order valence-corrected chi connectivity index (χ1v) is 7.95. The average molecular weight is 369 g/mol. The van der Waals surface area contributed by atoms with Crippen LogP contribution in [0.5, 0.6) is 0 Å². The molecule has 0 fully saturated rings. The molecule has 0 N–H and O–H groups in total. The van der Waals surface area contributed by atoms with Crippen LogP contribution in [0.25, 0.3) is 11.1 Å². The Hall–Kier alpha value is -1.55. The maximum Gasteiger partial charge on any atom is 0.417 e. The molecule has 2 aromatic carbocycles. The van der Waals surface area contributed by atoms with E-state index in [1.54, 1.807) is 24.3 Å². The van der Waals surface area contributed by atoms with Crippen LogP contribution < -0.4 is 0 Å². The van der Waals surface area contributed by atoms with Crippen LogP contribution in [0.2, 0.25) is 0 Å². The summed E-state index contributed by atoms with van der Waals surface area (Å²) in [5, 5.41) is 0.138. The highest BCUT2D eigenvalue weighted by molar-refractivity contribution is 9.09. The average Bonchev–Trinajstić information content (AvgIpc) is 2.46. The lowest BCUT2D eigenvalue weighted by Crippen LogP contribution is -2.14. The van der Waals surface area contributed by atoms with Gasteiger partial charge in [-0.05, 0) is 30.5 Å². The molecule has 116 valence electrons. The number of allylic oxidation sites excluding steroid dienone is 2. The molecular weight excluding hydrogens is 353 g/mol. The first kappa shape index (κ1) is 16.8. The number of hydrogen-bond acceptors (Lipinski definition) is 0. The fourth-order valence-corrected chi connectivity index (χ4v) is 2.88.